The maximum Gasteiger partial charge on any atom is 0.164 e. The third-order valence-electron chi connectivity index (χ3n) is 26.7. The van der Waals surface area contributed by atoms with Crippen LogP contribution in [0.2, 0.25) is 0 Å². The summed E-state index contributed by atoms with van der Waals surface area (Å²) in [4.78, 5) is 29.2. The lowest BCUT2D eigenvalue weighted by Crippen LogP contribution is -2.04. The first-order valence-corrected chi connectivity index (χ1v) is 46.6. The van der Waals surface area contributed by atoms with Gasteiger partial charge in [0.1, 0.15) is 0 Å². The summed E-state index contributed by atoms with van der Waals surface area (Å²) in [7, 11) is 2.15. The van der Waals surface area contributed by atoms with E-state index >= 15 is 0 Å². The molecule has 0 aliphatic heterocycles. The van der Waals surface area contributed by atoms with Gasteiger partial charge in [-0.05, 0) is 210 Å². The predicted octanol–water partition coefficient (Wildman–Crippen LogP) is 32.4. The van der Waals surface area contributed by atoms with Gasteiger partial charge in [0.15, 0.2) is 34.9 Å². The van der Waals surface area contributed by atoms with Crippen LogP contribution in [0.3, 0.4) is 0 Å². The van der Waals surface area contributed by atoms with Gasteiger partial charge in [-0.3, -0.25) is 0 Å². The van der Waals surface area contributed by atoms with Crippen molar-refractivity contribution in [1.29, 1.82) is 0 Å². The molecule has 26 rings (SSSR count). The van der Waals surface area contributed by atoms with Crippen LogP contribution in [0.15, 0.2) is 473 Å². The molecule has 136 heavy (non-hydrogen) atoms. The van der Waals surface area contributed by atoms with E-state index in [-0.39, 0.29) is 11.8 Å². The van der Waals surface area contributed by atoms with E-state index in [4.69, 9.17) is 29.9 Å². The van der Waals surface area contributed by atoms with E-state index in [1.165, 1.54) is 160 Å². The molecule has 644 valence electrons. The lowest BCUT2D eigenvalue weighted by Gasteiger charge is -2.20. The minimum absolute atomic E-state index is 0.281. The van der Waals surface area contributed by atoms with Crippen LogP contribution in [-0.2, 0) is 7.05 Å². The summed E-state index contributed by atoms with van der Waals surface area (Å²) in [6.07, 6.45) is 0. The van der Waals surface area contributed by atoms with Crippen molar-refractivity contribution in [1.82, 2.24) is 39.0 Å². The zero-order valence-electron chi connectivity index (χ0n) is 75.8. The molecule has 0 bridgehead atoms. The summed E-state index contributed by atoms with van der Waals surface area (Å²) in [5.41, 5.74) is 36.8. The van der Waals surface area contributed by atoms with Crippen LogP contribution in [-0.4, -0.2) is 39.0 Å². The summed E-state index contributed by atoms with van der Waals surface area (Å²) in [5, 5.41) is 10.2. The second kappa shape index (κ2) is 36.0. The fraction of sp³-hybridized carbons (Fsp3) is 0.0469. The van der Waals surface area contributed by atoms with Crippen LogP contribution >= 0.6 is 0 Å². The molecule has 0 amide bonds. The van der Waals surface area contributed by atoms with Crippen LogP contribution < -0.4 is 0 Å². The standard InChI is InChI=1S/C36H25N3.C33H24.C31H22N2.C28H21N3/c1-24-20-28(33-23-27-16-8-9-17-30(27)31-18-10-11-19-32(31)33)22-29(21-24)36-38-34(25-12-4-2-5-13-25)37-35(39-36)26-14-6-3-7-15-26;1-21-18-22(32-28-14-6-2-10-24(28)25-11-3-7-15-29(25)32)20-23(19-21)33-30-16-8-4-12-26(30)27-13-5-9-17-31(27)33;1-32-28-13-7-5-11-24(28)26-19-21(15-17-29(26)32)22-16-18-31-27(20-22)25-12-6-8-14-30(25)33(31)23-9-3-2-4-10-23;1-20-10-8-15-23(18-20)24-16-9-17-25(19-24)28-30-26(21-11-4-2-5-12-21)29-27(31-28)22-13-6-3-7-14-22/h2-23H,1H3;2-20,32-33H,1H3;2-20H,1H3;2-19H,1H3. The van der Waals surface area contributed by atoms with Gasteiger partial charge in [-0.15, -0.1) is 0 Å². The van der Waals surface area contributed by atoms with Gasteiger partial charge in [0.2, 0.25) is 0 Å². The number of aryl methyl sites for hydroxylation is 4. The van der Waals surface area contributed by atoms with Crippen LogP contribution in [0.5, 0.6) is 0 Å². The van der Waals surface area contributed by atoms with Crippen molar-refractivity contribution in [3.05, 3.63) is 523 Å². The number of para-hydroxylation sites is 3. The molecule has 0 spiro atoms. The molecular formula is C128H92N8. The Morgan fingerprint density at radius 2 is 0.507 bits per heavy atom. The summed E-state index contributed by atoms with van der Waals surface area (Å²) < 4.78 is 4.65. The van der Waals surface area contributed by atoms with E-state index in [1.54, 1.807) is 0 Å². The zero-order valence-corrected chi connectivity index (χ0v) is 75.8. The van der Waals surface area contributed by atoms with Gasteiger partial charge in [-0.25, -0.2) is 29.9 Å². The zero-order chi connectivity index (χ0) is 91.1. The Morgan fingerprint density at radius 1 is 0.184 bits per heavy atom. The molecule has 0 radical (unpaired) electrons. The number of rotatable bonds is 12. The number of fused-ring (bicyclic) bond motifs is 15. The molecule has 0 atom stereocenters. The molecule has 8 heteroatoms. The van der Waals surface area contributed by atoms with Gasteiger partial charge in [0, 0.05) is 90.5 Å². The van der Waals surface area contributed by atoms with Crippen LogP contribution in [0.1, 0.15) is 61.9 Å². The van der Waals surface area contributed by atoms with Crippen molar-refractivity contribution < 1.29 is 0 Å². The second-order valence-corrected chi connectivity index (χ2v) is 35.4. The largest absolute Gasteiger partial charge is 0.344 e. The molecule has 0 saturated carbocycles. The van der Waals surface area contributed by atoms with E-state index in [0.717, 1.165) is 50.1 Å². The van der Waals surface area contributed by atoms with Gasteiger partial charge in [0.05, 0.1) is 11.0 Å². The number of nitrogens with zero attached hydrogens (tertiary/aromatic N) is 8. The highest BCUT2D eigenvalue weighted by Gasteiger charge is 2.34. The van der Waals surface area contributed by atoms with Crippen LogP contribution in [0.25, 0.3) is 195 Å². The van der Waals surface area contributed by atoms with Crippen molar-refractivity contribution in [2.24, 2.45) is 7.05 Å². The average Bonchev–Trinajstić information content (AvgIpc) is 1.47. The summed E-state index contributed by atoms with van der Waals surface area (Å²) in [6.45, 7) is 6.48. The van der Waals surface area contributed by atoms with Gasteiger partial charge in [-0.2, -0.15) is 0 Å². The van der Waals surface area contributed by atoms with E-state index < -0.39 is 0 Å². The summed E-state index contributed by atoms with van der Waals surface area (Å²) in [5.74, 6) is 4.57. The molecular weight excluding hydrogens is 1650 g/mol. The van der Waals surface area contributed by atoms with Gasteiger partial charge in [0.25, 0.3) is 0 Å². The van der Waals surface area contributed by atoms with Gasteiger partial charge < -0.3 is 9.13 Å². The van der Waals surface area contributed by atoms with E-state index in [9.17, 15) is 0 Å². The number of aromatic nitrogens is 8. The number of hydrogen-bond acceptors (Lipinski definition) is 6. The molecule has 2 aliphatic carbocycles. The minimum atomic E-state index is 0.281. The summed E-state index contributed by atoms with van der Waals surface area (Å²) >= 11 is 0. The molecule has 4 heterocycles. The Bertz CT molecular complexity index is 8340. The molecule has 0 unspecified atom stereocenters. The third kappa shape index (κ3) is 15.9. The Balaban J connectivity index is 0.000000102. The minimum Gasteiger partial charge on any atom is -0.344 e. The van der Waals surface area contributed by atoms with Crippen LogP contribution in [0.4, 0.5) is 0 Å². The molecule has 24 aromatic rings. The van der Waals surface area contributed by atoms with Gasteiger partial charge in [-0.1, -0.05) is 412 Å². The Kier molecular flexibility index (Phi) is 22.0. The monoisotopic (exact) mass is 1740 g/mol. The van der Waals surface area contributed by atoms with Gasteiger partial charge >= 0.3 is 0 Å². The molecule has 4 aromatic heterocycles. The Morgan fingerprint density at radius 3 is 1.01 bits per heavy atom. The topological polar surface area (TPSA) is 87.2 Å². The molecule has 0 N–H and O–H groups in total. The van der Waals surface area contributed by atoms with Crippen molar-refractivity contribution >= 4 is 65.2 Å². The first-order chi connectivity index (χ1) is 67.1. The quantitative estimate of drug-likeness (QED) is 0.113. The fourth-order valence-electron chi connectivity index (χ4n) is 20.5. The fourth-order valence-corrected chi connectivity index (χ4v) is 20.5. The lowest BCUT2D eigenvalue weighted by atomic mass is 9.83. The first kappa shape index (κ1) is 82.9. The lowest BCUT2D eigenvalue weighted by molar-refractivity contribution is 0.967. The SMILES string of the molecule is Cc1cc(-c2nc(-c3ccccc3)nc(-c3ccccc3)n2)cc(-c2cc3ccccc3c3ccccc23)c1.Cc1cc(C2c3ccccc3-c3ccccc32)cc(C2c3ccccc3-c3ccccc32)c1.Cc1cccc(-c2cccc(-c3nc(-c4ccccc4)nc(-c4ccccc4)n3)c2)c1.Cn1c2ccccc2c2cc(-c3ccc4c(c3)c3ccccc3n4-c3ccccc3)ccc21. The second-order valence-electron chi connectivity index (χ2n) is 35.4. The molecule has 8 nitrogen and oxygen atoms in total. The Labute approximate surface area is 791 Å². The smallest absolute Gasteiger partial charge is 0.164 e. The number of hydrogen-bond donors (Lipinski definition) is 0. The first-order valence-electron chi connectivity index (χ1n) is 46.6. The third-order valence-corrected chi connectivity index (χ3v) is 26.7. The molecule has 0 saturated heterocycles. The van der Waals surface area contributed by atoms with Crippen LogP contribution in [0, 0.1) is 20.8 Å². The highest BCUT2D eigenvalue weighted by molar-refractivity contribution is 6.15. The van der Waals surface area contributed by atoms with E-state index in [2.05, 4.69) is 389 Å². The highest BCUT2D eigenvalue weighted by atomic mass is 15.0. The van der Waals surface area contributed by atoms with Crippen molar-refractivity contribution in [3.63, 3.8) is 0 Å². The van der Waals surface area contributed by atoms with E-state index in [0.29, 0.717) is 34.9 Å². The van der Waals surface area contributed by atoms with Crippen molar-refractivity contribution in [2.75, 3.05) is 0 Å². The average molecular weight is 1740 g/mol. The Hall–Kier alpha value is -17.5. The molecule has 2 aliphatic rings. The van der Waals surface area contributed by atoms with Crippen molar-refractivity contribution in [2.45, 2.75) is 32.6 Å². The maximum atomic E-state index is 4.97. The molecule has 20 aromatic carbocycles. The predicted molar refractivity (Wildman–Crippen MR) is 565 cm³/mol. The normalized spacial score (nSPS) is 11.9. The van der Waals surface area contributed by atoms with Crippen molar-refractivity contribution in [3.8, 4) is 130 Å². The molecule has 0 fully saturated rings. The highest BCUT2D eigenvalue weighted by Crippen LogP contribution is 2.52. The van der Waals surface area contributed by atoms with E-state index in [1.807, 2.05) is 121 Å². The number of benzene rings is 20. The summed E-state index contributed by atoms with van der Waals surface area (Å²) in [6, 6.07) is 168. The maximum absolute atomic E-state index is 4.97.